The van der Waals surface area contributed by atoms with Crippen LogP contribution in [-0.2, 0) is 14.2 Å². The van der Waals surface area contributed by atoms with Gasteiger partial charge in [-0.2, -0.15) is 0 Å². The molecule has 210 valence electrons. The molecule has 15 heteroatoms. The normalized spacial score (nSPS) is 13.1. The maximum atomic E-state index is 12.3. The lowest BCUT2D eigenvalue weighted by Crippen LogP contribution is -2.44. The molecule has 0 aliphatic carbocycles. The number of guanidine groups is 1. The molecule has 0 aliphatic rings. The summed E-state index contributed by atoms with van der Waals surface area (Å²) in [6.45, 7) is 1.32. The number of hydrogen-bond acceptors (Lipinski definition) is 10. The van der Waals surface area contributed by atoms with Gasteiger partial charge in [-0.05, 0) is 51.6 Å². The van der Waals surface area contributed by atoms with Crippen molar-refractivity contribution in [2.45, 2.75) is 69.5 Å². The highest BCUT2D eigenvalue weighted by molar-refractivity contribution is 5.74. The summed E-state index contributed by atoms with van der Waals surface area (Å²) < 4.78 is 15.3. The summed E-state index contributed by atoms with van der Waals surface area (Å²) in [7, 11) is 0. The number of nitrogens with one attached hydrogen (secondary N) is 4. The van der Waals surface area contributed by atoms with E-state index in [4.69, 9.17) is 48.3 Å². The number of rotatable bonds is 20. The number of amides is 3. The molecule has 0 saturated heterocycles. The molecule has 0 aliphatic heterocycles. The molecule has 0 aromatic carbocycles. The molecule has 0 aromatic heterocycles. The first-order valence-corrected chi connectivity index (χ1v) is 12.2. The Kier molecular flexibility index (Phi) is 19.5. The molecular formula is C21H45N9O6. The maximum absolute atomic E-state index is 12.3. The summed E-state index contributed by atoms with van der Waals surface area (Å²) in [5, 5.41) is 15.1. The molecule has 3 unspecified atom stereocenters. The van der Waals surface area contributed by atoms with Gasteiger partial charge in [0.1, 0.15) is 19.8 Å². The molecule has 36 heavy (non-hydrogen) atoms. The third-order valence-corrected chi connectivity index (χ3v) is 5.00. The van der Waals surface area contributed by atoms with Crippen molar-refractivity contribution in [2.75, 3.05) is 39.5 Å². The molecule has 3 amide bonds. The van der Waals surface area contributed by atoms with Gasteiger partial charge in [-0.25, -0.2) is 14.4 Å². The van der Waals surface area contributed by atoms with Crippen molar-refractivity contribution in [3.8, 4) is 0 Å². The van der Waals surface area contributed by atoms with Crippen molar-refractivity contribution in [1.82, 2.24) is 16.0 Å². The van der Waals surface area contributed by atoms with E-state index in [0.717, 1.165) is 12.8 Å². The van der Waals surface area contributed by atoms with Crippen molar-refractivity contribution < 1.29 is 28.6 Å². The van der Waals surface area contributed by atoms with Crippen LogP contribution in [0.3, 0.4) is 0 Å². The fraction of sp³-hybridized carbons (Fsp3) is 0.810. The Labute approximate surface area is 212 Å². The molecule has 15 nitrogen and oxygen atoms in total. The van der Waals surface area contributed by atoms with Gasteiger partial charge in [0, 0.05) is 12.6 Å². The van der Waals surface area contributed by atoms with Crippen LogP contribution in [0.4, 0.5) is 14.4 Å². The third kappa shape index (κ3) is 20.3. The molecule has 3 atom stereocenters. The monoisotopic (exact) mass is 519 g/mol. The molecule has 0 spiro atoms. The van der Waals surface area contributed by atoms with Crippen molar-refractivity contribution in [3.63, 3.8) is 0 Å². The lowest BCUT2D eigenvalue weighted by Gasteiger charge is -2.21. The molecule has 0 radical (unpaired) electrons. The number of nitrogens with two attached hydrogens (primary N) is 5. The number of hydrogen-bond donors (Lipinski definition) is 9. The highest BCUT2D eigenvalue weighted by atomic mass is 16.6. The largest absolute Gasteiger partial charge is 0.448 e. The van der Waals surface area contributed by atoms with Crippen molar-refractivity contribution >= 4 is 24.2 Å². The van der Waals surface area contributed by atoms with E-state index in [1.807, 2.05) is 0 Å². The van der Waals surface area contributed by atoms with Gasteiger partial charge in [0.2, 0.25) is 0 Å². The van der Waals surface area contributed by atoms with Gasteiger partial charge in [-0.15, -0.1) is 0 Å². The fourth-order valence-electron chi connectivity index (χ4n) is 3.09. The Hall–Kier alpha value is -3.04. The second-order valence-electron chi connectivity index (χ2n) is 8.32. The zero-order valence-electron chi connectivity index (χ0n) is 21.0. The highest BCUT2D eigenvalue weighted by Gasteiger charge is 2.19. The molecule has 0 rings (SSSR count). The molecule has 0 bridgehead atoms. The number of primary amides is 1. The lowest BCUT2D eigenvalue weighted by atomic mass is 10.1. The van der Waals surface area contributed by atoms with E-state index in [2.05, 4.69) is 16.0 Å². The van der Waals surface area contributed by atoms with Crippen LogP contribution in [0.15, 0.2) is 0 Å². The second-order valence-corrected chi connectivity index (χ2v) is 8.32. The molecule has 0 heterocycles. The molecule has 14 N–H and O–H groups in total. The predicted octanol–water partition coefficient (Wildman–Crippen LogP) is -0.880. The van der Waals surface area contributed by atoms with Crippen LogP contribution in [0.1, 0.15) is 51.4 Å². The van der Waals surface area contributed by atoms with E-state index in [1.54, 1.807) is 0 Å². The third-order valence-electron chi connectivity index (χ3n) is 5.00. The Balaban J connectivity index is 4.59. The van der Waals surface area contributed by atoms with E-state index in [-0.39, 0.29) is 31.8 Å². The van der Waals surface area contributed by atoms with Gasteiger partial charge < -0.3 is 58.8 Å². The van der Waals surface area contributed by atoms with Crippen molar-refractivity contribution in [1.29, 1.82) is 5.41 Å². The van der Waals surface area contributed by atoms with Crippen LogP contribution in [0.25, 0.3) is 0 Å². The van der Waals surface area contributed by atoms with E-state index in [0.29, 0.717) is 58.2 Å². The van der Waals surface area contributed by atoms with Crippen LogP contribution in [0, 0.1) is 5.41 Å². The minimum atomic E-state index is -0.941. The summed E-state index contributed by atoms with van der Waals surface area (Å²) >= 11 is 0. The predicted molar refractivity (Wildman–Crippen MR) is 135 cm³/mol. The molecule has 0 fully saturated rings. The lowest BCUT2D eigenvalue weighted by molar-refractivity contribution is 0.104. The Morgan fingerprint density at radius 2 is 1.22 bits per heavy atom. The van der Waals surface area contributed by atoms with Crippen molar-refractivity contribution in [2.24, 2.45) is 28.7 Å². The van der Waals surface area contributed by atoms with Gasteiger partial charge >= 0.3 is 18.3 Å². The standard InChI is InChI=1S/C21H45N9O6/c22-9-3-1-7-16(13-34-19(27)31)29-21(33)36-14-17(8-2-4-10-23)30-20(32)35-12-15(24)6-5-11-28-18(25)26/h15-17H,1-14,22-24H2,(H2,27,31)(H,29,33)(H,30,32)(H4,25,26,28). The zero-order valence-corrected chi connectivity index (χ0v) is 21.0. The van der Waals surface area contributed by atoms with Gasteiger partial charge in [0.05, 0.1) is 12.1 Å². The Bertz CT molecular complexity index is 641. The van der Waals surface area contributed by atoms with Crippen LogP contribution in [0.2, 0.25) is 0 Å². The summed E-state index contributed by atoms with van der Waals surface area (Å²) in [5.41, 5.74) is 27.2. The SMILES string of the molecule is N=C(N)NCCCC(N)COC(=O)NC(CCCCN)COC(=O)NC(CCCCN)COC(N)=O. The van der Waals surface area contributed by atoms with Gasteiger partial charge in [0.25, 0.3) is 0 Å². The van der Waals surface area contributed by atoms with Gasteiger partial charge in [0.15, 0.2) is 5.96 Å². The number of unbranched alkanes of at least 4 members (excludes halogenated alkanes) is 2. The van der Waals surface area contributed by atoms with E-state index < -0.39 is 30.4 Å². The fourth-order valence-corrected chi connectivity index (χ4v) is 3.09. The number of alkyl carbamates (subject to hydrolysis) is 2. The van der Waals surface area contributed by atoms with Gasteiger partial charge in [-0.3, -0.25) is 5.41 Å². The van der Waals surface area contributed by atoms with Crippen molar-refractivity contribution in [3.05, 3.63) is 0 Å². The molecule has 0 saturated carbocycles. The Morgan fingerprint density at radius 1 is 0.722 bits per heavy atom. The maximum Gasteiger partial charge on any atom is 0.407 e. The van der Waals surface area contributed by atoms with Gasteiger partial charge in [-0.1, -0.05) is 12.8 Å². The number of ether oxygens (including phenoxy) is 3. The highest BCUT2D eigenvalue weighted by Crippen LogP contribution is 2.05. The van der Waals surface area contributed by atoms with Crippen LogP contribution in [-0.4, -0.2) is 81.8 Å². The van der Waals surface area contributed by atoms with Crippen LogP contribution < -0.4 is 44.6 Å². The van der Waals surface area contributed by atoms with Crippen LogP contribution in [0.5, 0.6) is 0 Å². The first-order valence-electron chi connectivity index (χ1n) is 12.2. The minimum absolute atomic E-state index is 0.00705. The topological polar surface area (TPSA) is 269 Å². The number of carbonyl (C=O) groups is 3. The second kappa shape index (κ2) is 21.3. The average molecular weight is 520 g/mol. The summed E-state index contributed by atoms with van der Waals surface area (Å²) in [5.74, 6) is -0.114. The zero-order chi connectivity index (χ0) is 27.2. The first-order chi connectivity index (χ1) is 17.2. The summed E-state index contributed by atoms with van der Waals surface area (Å²) in [4.78, 5) is 35.4. The Morgan fingerprint density at radius 3 is 1.69 bits per heavy atom. The van der Waals surface area contributed by atoms with E-state index in [9.17, 15) is 14.4 Å². The first kappa shape index (κ1) is 33.0. The minimum Gasteiger partial charge on any atom is -0.448 e. The summed E-state index contributed by atoms with van der Waals surface area (Å²) in [6.07, 6.45) is 2.86. The smallest absolute Gasteiger partial charge is 0.407 e. The molecule has 0 aromatic rings. The number of carbonyl (C=O) groups excluding carboxylic acids is 3. The van der Waals surface area contributed by atoms with Crippen LogP contribution >= 0.6 is 0 Å². The van der Waals surface area contributed by atoms with E-state index >= 15 is 0 Å². The average Bonchev–Trinajstić information content (AvgIpc) is 2.82. The van der Waals surface area contributed by atoms with E-state index in [1.165, 1.54) is 0 Å². The quantitative estimate of drug-likeness (QED) is 0.0412. The summed E-state index contributed by atoms with van der Waals surface area (Å²) in [6, 6.07) is -1.36. The molecular weight excluding hydrogens is 474 g/mol.